The molecule has 0 spiro atoms. The molecule has 2 aliphatic heterocycles. The van der Waals surface area contributed by atoms with Gasteiger partial charge in [0.15, 0.2) is 12.0 Å². The number of allylic oxidation sites excluding steroid dienone is 2. The molecule has 0 aromatic heterocycles. The summed E-state index contributed by atoms with van der Waals surface area (Å²) in [7, 11) is 0. The first-order valence-corrected chi connectivity index (χ1v) is 5.82. The molecule has 6 heteroatoms. The lowest BCUT2D eigenvalue weighted by Gasteiger charge is -2.28. The summed E-state index contributed by atoms with van der Waals surface area (Å²) in [6.07, 6.45) is 1.75. The van der Waals surface area contributed by atoms with Gasteiger partial charge in [-0.1, -0.05) is 6.08 Å². The molecule has 0 radical (unpaired) electrons. The summed E-state index contributed by atoms with van der Waals surface area (Å²) in [5.41, 5.74) is 0.607. The summed E-state index contributed by atoms with van der Waals surface area (Å²) in [4.78, 5) is 12.8. The van der Waals surface area contributed by atoms with Gasteiger partial charge in [-0.05, 0) is 13.3 Å². The third kappa shape index (κ3) is 2.32. The molecule has 100 valence electrons. The zero-order valence-corrected chi connectivity index (χ0v) is 10.1. The fourth-order valence-electron chi connectivity index (χ4n) is 2.10. The maximum Gasteiger partial charge on any atom is 0.162 e. The second kappa shape index (κ2) is 5.19. The average Bonchev–Trinajstić information content (AvgIpc) is 2.66. The highest BCUT2D eigenvalue weighted by Crippen LogP contribution is 2.27. The van der Waals surface area contributed by atoms with Crippen LogP contribution in [0.5, 0.6) is 0 Å². The van der Waals surface area contributed by atoms with Crippen LogP contribution in [0.3, 0.4) is 0 Å². The molecule has 0 aromatic rings. The van der Waals surface area contributed by atoms with Gasteiger partial charge in [0.1, 0.15) is 18.3 Å². The van der Waals surface area contributed by atoms with Crippen molar-refractivity contribution in [1.82, 2.24) is 4.90 Å². The topological polar surface area (TPSA) is 90.2 Å². The second-order valence-corrected chi connectivity index (χ2v) is 4.48. The van der Waals surface area contributed by atoms with E-state index in [1.54, 1.807) is 23.4 Å². The zero-order chi connectivity index (χ0) is 13.3. The molecule has 2 aliphatic rings. The summed E-state index contributed by atoms with van der Waals surface area (Å²) in [5, 5.41) is 28.5. The molecule has 4 atom stereocenters. The Bertz CT molecular complexity index is 392. The minimum atomic E-state index is -1.13. The molecule has 1 fully saturated rings. The van der Waals surface area contributed by atoms with Gasteiger partial charge in [0.25, 0.3) is 0 Å². The number of nitrogens with zero attached hydrogens (tertiary/aromatic N) is 1. The molecule has 0 saturated carbocycles. The number of carbonyl (C=O) groups excluding carboxylic acids is 1. The molecular weight excluding hydrogens is 238 g/mol. The molecule has 0 aliphatic carbocycles. The van der Waals surface area contributed by atoms with Crippen LogP contribution in [0.4, 0.5) is 0 Å². The van der Waals surface area contributed by atoms with Crippen LogP contribution in [0.15, 0.2) is 24.0 Å². The minimum Gasteiger partial charge on any atom is -0.394 e. The monoisotopic (exact) mass is 255 g/mol. The van der Waals surface area contributed by atoms with Crippen LogP contribution in [0.25, 0.3) is 0 Å². The summed E-state index contributed by atoms with van der Waals surface area (Å²) in [5.74, 6) is -0.0453. The Balaban J connectivity index is 2.15. The van der Waals surface area contributed by atoms with Gasteiger partial charge in [0.05, 0.1) is 6.61 Å². The van der Waals surface area contributed by atoms with Crippen molar-refractivity contribution in [3.05, 3.63) is 24.0 Å². The van der Waals surface area contributed by atoms with Gasteiger partial charge in [-0.15, -0.1) is 0 Å². The predicted molar refractivity (Wildman–Crippen MR) is 62.1 cm³/mol. The average molecular weight is 255 g/mol. The first-order valence-electron chi connectivity index (χ1n) is 5.82. The minimum absolute atomic E-state index is 0.0453. The summed E-state index contributed by atoms with van der Waals surface area (Å²) in [6.45, 7) is 1.11. The summed E-state index contributed by atoms with van der Waals surface area (Å²) >= 11 is 0. The first kappa shape index (κ1) is 13.2. The van der Waals surface area contributed by atoms with Gasteiger partial charge in [-0.2, -0.15) is 0 Å². The van der Waals surface area contributed by atoms with E-state index in [1.165, 1.54) is 6.92 Å². The quantitative estimate of drug-likeness (QED) is 0.606. The smallest absolute Gasteiger partial charge is 0.162 e. The standard InChI is InChI=1S/C12H17NO5/c1-7(15)8-3-2-4-13(5-8)12-11(17)10(16)9(6-14)18-12/h2,4-5,9-12,14,16-17H,3,6H2,1H3/t9-,10-,11-,12?/m1/s1. The largest absolute Gasteiger partial charge is 0.394 e. The van der Waals surface area contributed by atoms with Gasteiger partial charge in [-0.25, -0.2) is 0 Å². The number of aliphatic hydroxyl groups is 3. The molecular formula is C12H17NO5. The van der Waals surface area contributed by atoms with E-state index in [0.717, 1.165) is 0 Å². The van der Waals surface area contributed by atoms with E-state index in [4.69, 9.17) is 9.84 Å². The highest BCUT2D eigenvalue weighted by Gasteiger charge is 2.44. The van der Waals surface area contributed by atoms with Gasteiger partial charge >= 0.3 is 0 Å². The highest BCUT2D eigenvalue weighted by molar-refractivity contribution is 5.93. The fraction of sp³-hybridized carbons (Fsp3) is 0.583. The van der Waals surface area contributed by atoms with Crippen LogP contribution in [0.2, 0.25) is 0 Å². The van der Waals surface area contributed by atoms with Crippen molar-refractivity contribution < 1.29 is 24.9 Å². The molecule has 1 saturated heterocycles. The molecule has 3 N–H and O–H groups in total. The first-order chi connectivity index (χ1) is 8.54. The number of Topliss-reactive ketones (excluding diaryl/α,β-unsaturated/α-hetero) is 1. The van der Waals surface area contributed by atoms with Gasteiger partial charge in [-0.3, -0.25) is 4.79 Å². The Hall–Kier alpha value is -1.21. The Kier molecular flexibility index (Phi) is 3.82. The maximum atomic E-state index is 11.3. The van der Waals surface area contributed by atoms with E-state index in [-0.39, 0.29) is 12.4 Å². The Labute approximate surface area is 105 Å². The number of ether oxygens (including phenoxy) is 1. The van der Waals surface area contributed by atoms with Gasteiger partial charge in [0, 0.05) is 18.0 Å². The van der Waals surface area contributed by atoms with E-state index in [1.807, 2.05) is 0 Å². The van der Waals surface area contributed by atoms with Gasteiger partial charge in [0.2, 0.25) is 0 Å². The number of hydrogen-bond donors (Lipinski definition) is 3. The fourth-order valence-corrected chi connectivity index (χ4v) is 2.10. The van der Waals surface area contributed by atoms with Crippen molar-refractivity contribution >= 4 is 5.78 Å². The van der Waals surface area contributed by atoms with Crippen LogP contribution in [0, 0.1) is 0 Å². The number of hydrogen-bond acceptors (Lipinski definition) is 6. The van der Waals surface area contributed by atoms with Crippen LogP contribution in [-0.2, 0) is 9.53 Å². The van der Waals surface area contributed by atoms with E-state index in [9.17, 15) is 15.0 Å². The molecule has 0 amide bonds. The molecule has 2 heterocycles. The lowest BCUT2D eigenvalue weighted by Crippen LogP contribution is -2.40. The highest BCUT2D eigenvalue weighted by atomic mass is 16.6. The van der Waals surface area contributed by atoms with Crippen LogP contribution in [-0.4, -0.2) is 57.1 Å². The number of rotatable bonds is 3. The molecule has 1 unspecified atom stereocenters. The van der Waals surface area contributed by atoms with E-state index in [2.05, 4.69) is 0 Å². The predicted octanol–water partition coefficient (Wildman–Crippen LogP) is -0.882. The van der Waals surface area contributed by atoms with Crippen molar-refractivity contribution in [1.29, 1.82) is 0 Å². The van der Waals surface area contributed by atoms with Crippen LogP contribution in [0.1, 0.15) is 13.3 Å². The molecule has 18 heavy (non-hydrogen) atoms. The molecule has 6 nitrogen and oxygen atoms in total. The second-order valence-electron chi connectivity index (χ2n) is 4.48. The van der Waals surface area contributed by atoms with Gasteiger partial charge < -0.3 is 25.0 Å². The molecule has 2 rings (SSSR count). The third-order valence-corrected chi connectivity index (χ3v) is 3.18. The third-order valence-electron chi connectivity index (χ3n) is 3.18. The Morgan fingerprint density at radius 2 is 2.22 bits per heavy atom. The Morgan fingerprint density at radius 1 is 1.50 bits per heavy atom. The SMILES string of the molecule is CC(=O)C1=CN(C2O[C@H](CO)[C@@H](O)[C@H]2O)C=CC1. The molecule has 0 bridgehead atoms. The van der Waals surface area contributed by atoms with E-state index in [0.29, 0.717) is 12.0 Å². The number of ketones is 1. The van der Waals surface area contributed by atoms with Crippen molar-refractivity contribution in [2.75, 3.05) is 6.61 Å². The summed E-state index contributed by atoms with van der Waals surface area (Å²) < 4.78 is 5.37. The zero-order valence-electron chi connectivity index (χ0n) is 10.1. The van der Waals surface area contributed by atoms with E-state index < -0.39 is 24.5 Å². The van der Waals surface area contributed by atoms with Crippen LogP contribution < -0.4 is 0 Å². The lowest BCUT2D eigenvalue weighted by molar-refractivity contribution is -0.114. The van der Waals surface area contributed by atoms with E-state index >= 15 is 0 Å². The maximum absolute atomic E-state index is 11.3. The number of aliphatic hydroxyl groups excluding tert-OH is 3. The lowest BCUT2D eigenvalue weighted by atomic mass is 10.1. The summed E-state index contributed by atoms with van der Waals surface area (Å²) in [6, 6.07) is 0. The van der Waals surface area contributed by atoms with Crippen molar-refractivity contribution in [3.8, 4) is 0 Å². The molecule has 0 aromatic carbocycles. The van der Waals surface area contributed by atoms with Crippen LogP contribution >= 0.6 is 0 Å². The normalized spacial score (nSPS) is 35.8. The Morgan fingerprint density at radius 3 is 2.78 bits per heavy atom. The van der Waals surface area contributed by atoms with Crippen molar-refractivity contribution in [2.24, 2.45) is 0 Å². The van der Waals surface area contributed by atoms with Crippen molar-refractivity contribution in [2.45, 2.75) is 37.9 Å². The number of carbonyl (C=O) groups is 1. The van der Waals surface area contributed by atoms with Crippen molar-refractivity contribution in [3.63, 3.8) is 0 Å².